The number of rotatable bonds is 1. The molecule has 76 valence electrons. The smallest absolute Gasteiger partial charge is 0.106 e. The minimum absolute atomic E-state index is 0.789. The standard InChI is InChI=1S/C13H13NS/c1-9-3-4-11-8-12(13(15)14-2)6-5-10(11)7-9/h3-8H,1-2H3,(H,14,15). The van der Waals surface area contributed by atoms with Gasteiger partial charge in [0, 0.05) is 12.6 Å². The number of nitrogens with one attached hydrogen (secondary N) is 1. The molecular formula is C13H13NS. The van der Waals surface area contributed by atoms with Crippen LogP contribution in [0.3, 0.4) is 0 Å². The first kappa shape index (κ1) is 10.1. The highest BCUT2D eigenvalue weighted by Gasteiger charge is 2.00. The molecule has 0 saturated carbocycles. The molecule has 0 spiro atoms. The van der Waals surface area contributed by atoms with Crippen molar-refractivity contribution in [3.8, 4) is 0 Å². The molecule has 1 N–H and O–H groups in total. The van der Waals surface area contributed by atoms with E-state index in [0.717, 1.165) is 10.6 Å². The highest BCUT2D eigenvalue weighted by atomic mass is 32.1. The van der Waals surface area contributed by atoms with Crippen molar-refractivity contribution in [1.82, 2.24) is 5.32 Å². The Balaban J connectivity index is 2.57. The van der Waals surface area contributed by atoms with Crippen LogP contribution in [0.2, 0.25) is 0 Å². The van der Waals surface area contributed by atoms with Gasteiger partial charge in [-0.3, -0.25) is 0 Å². The highest BCUT2D eigenvalue weighted by molar-refractivity contribution is 7.80. The molecule has 2 aromatic rings. The van der Waals surface area contributed by atoms with Crippen molar-refractivity contribution in [2.75, 3.05) is 7.05 Å². The van der Waals surface area contributed by atoms with Gasteiger partial charge in [0.2, 0.25) is 0 Å². The van der Waals surface area contributed by atoms with Crippen molar-refractivity contribution < 1.29 is 0 Å². The van der Waals surface area contributed by atoms with Gasteiger partial charge in [-0.1, -0.05) is 48.1 Å². The van der Waals surface area contributed by atoms with Gasteiger partial charge in [0.1, 0.15) is 4.99 Å². The summed E-state index contributed by atoms with van der Waals surface area (Å²) < 4.78 is 0. The van der Waals surface area contributed by atoms with E-state index >= 15 is 0 Å². The van der Waals surface area contributed by atoms with Gasteiger partial charge >= 0.3 is 0 Å². The summed E-state index contributed by atoms with van der Waals surface area (Å²) in [6.45, 7) is 2.10. The average molecular weight is 215 g/mol. The maximum atomic E-state index is 5.20. The van der Waals surface area contributed by atoms with Crippen molar-refractivity contribution in [1.29, 1.82) is 0 Å². The normalized spacial score (nSPS) is 10.3. The molecule has 1 nitrogen and oxygen atoms in total. The number of fused-ring (bicyclic) bond motifs is 1. The van der Waals surface area contributed by atoms with Crippen LogP contribution in [-0.4, -0.2) is 12.0 Å². The Labute approximate surface area is 95.1 Å². The number of thiocarbonyl (C=S) groups is 1. The van der Waals surface area contributed by atoms with Gasteiger partial charge in [0.15, 0.2) is 0 Å². The van der Waals surface area contributed by atoms with E-state index in [9.17, 15) is 0 Å². The molecule has 0 atom stereocenters. The molecule has 0 fully saturated rings. The number of hydrogen-bond acceptors (Lipinski definition) is 1. The molecule has 2 aromatic carbocycles. The predicted octanol–water partition coefficient (Wildman–Crippen LogP) is 3.04. The van der Waals surface area contributed by atoms with Crippen LogP contribution in [0, 0.1) is 6.92 Å². The van der Waals surface area contributed by atoms with E-state index in [1.165, 1.54) is 16.3 Å². The molecule has 0 saturated heterocycles. The van der Waals surface area contributed by atoms with E-state index < -0.39 is 0 Å². The third-order valence-electron chi connectivity index (χ3n) is 2.48. The third-order valence-corrected chi connectivity index (χ3v) is 2.92. The first-order chi connectivity index (χ1) is 7.20. The summed E-state index contributed by atoms with van der Waals surface area (Å²) in [5.41, 5.74) is 2.36. The zero-order valence-corrected chi connectivity index (χ0v) is 9.69. The van der Waals surface area contributed by atoms with Crippen LogP contribution < -0.4 is 5.32 Å². The second-order valence-corrected chi connectivity index (χ2v) is 4.05. The largest absolute Gasteiger partial charge is 0.379 e. The molecule has 15 heavy (non-hydrogen) atoms. The Hall–Kier alpha value is -1.41. The van der Waals surface area contributed by atoms with Crippen LogP contribution in [0.25, 0.3) is 10.8 Å². The monoisotopic (exact) mass is 215 g/mol. The summed E-state index contributed by atoms with van der Waals surface area (Å²) in [5.74, 6) is 0. The summed E-state index contributed by atoms with van der Waals surface area (Å²) in [4.78, 5) is 0.789. The van der Waals surface area contributed by atoms with Crippen LogP contribution in [0.4, 0.5) is 0 Å². The lowest BCUT2D eigenvalue weighted by Gasteiger charge is -2.05. The number of hydrogen-bond donors (Lipinski definition) is 1. The van der Waals surface area contributed by atoms with Gasteiger partial charge < -0.3 is 5.32 Å². The van der Waals surface area contributed by atoms with Gasteiger partial charge in [-0.25, -0.2) is 0 Å². The molecule has 0 heterocycles. The van der Waals surface area contributed by atoms with Crippen molar-refractivity contribution >= 4 is 28.0 Å². The lowest BCUT2D eigenvalue weighted by atomic mass is 10.0. The summed E-state index contributed by atoms with van der Waals surface area (Å²) in [7, 11) is 1.85. The zero-order valence-electron chi connectivity index (χ0n) is 8.87. The van der Waals surface area contributed by atoms with Crippen LogP contribution >= 0.6 is 12.2 Å². The van der Waals surface area contributed by atoms with E-state index in [0.29, 0.717) is 0 Å². The summed E-state index contributed by atoms with van der Waals surface area (Å²) in [6, 6.07) is 12.7. The van der Waals surface area contributed by atoms with Gasteiger partial charge in [-0.05, 0) is 23.8 Å². The first-order valence-corrected chi connectivity index (χ1v) is 5.34. The molecule has 0 amide bonds. The van der Waals surface area contributed by atoms with Crippen molar-refractivity contribution in [2.24, 2.45) is 0 Å². The molecule has 0 aromatic heterocycles. The lowest BCUT2D eigenvalue weighted by Crippen LogP contribution is -2.16. The van der Waals surface area contributed by atoms with E-state index in [2.05, 4.69) is 48.6 Å². The maximum absolute atomic E-state index is 5.20. The Kier molecular flexibility index (Phi) is 2.69. The van der Waals surface area contributed by atoms with Gasteiger partial charge in [0.25, 0.3) is 0 Å². The quantitative estimate of drug-likeness (QED) is 0.734. The van der Waals surface area contributed by atoms with E-state index in [-0.39, 0.29) is 0 Å². The van der Waals surface area contributed by atoms with Crippen LogP contribution in [0.15, 0.2) is 36.4 Å². The summed E-state index contributed by atoms with van der Waals surface area (Å²) in [6.07, 6.45) is 0. The number of aryl methyl sites for hydroxylation is 1. The van der Waals surface area contributed by atoms with Gasteiger partial charge in [-0.15, -0.1) is 0 Å². The third kappa shape index (κ3) is 2.00. The molecule has 0 unspecified atom stereocenters. The molecule has 0 aliphatic carbocycles. The summed E-state index contributed by atoms with van der Waals surface area (Å²) >= 11 is 5.20. The highest BCUT2D eigenvalue weighted by Crippen LogP contribution is 2.17. The van der Waals surface area contributed by atoms with Gasteiger partial charge in [-0.2, -0.15) is 0 Å². The Bertz CT molecular complexity index is 517. The van der Waals surface area contributed by atoms with Crippen molar-refractivity contribution in [3.63, 3.8) is 0 Å². The molecule has 0 aliphatic heterocycles. The SMILES string of the molecule is CNC(=S)c1ccc2cc(C)ccc2c1. The zero-order chi connectivity index (χ0) is 10.8. The topological polar surface area (TPSA) is 12.0 Å². The molecule has 2 rings (SSSR count). The average Bonchev–Trinajstić information content (AvgIpc) is 2.27. The van der Waals surface area contributed by atoms with E-state index in [1.54, 1.807) is 0 Å². The Morgan fingerprint density at radius 3 is 2.47 bits per heavy atom. The molecule has 0 bridgehead atoms. The second-order valence-electron chi connectivity index (χ2n) is 3.64. The number of benzene rings is 2. The fourth-order valence-corrected chi connectivity index (χ4v) is 1.78. The Morgan fingerprint density at radius 2 is 1.73 bits per heavy atom. The van der Waals surface area contributed by atoms with Crippen LogP contribution in [0.1, 0.15) is 11.1 Å². The van der Waals surface area contributed by atoms with Crippen LogP contribution in [-0.2, 0) is 0 Å². The second kappa shape index (κ2) is 3.99. The van der Waals surface area contributed by atoms with Gasteiger partial charge in [0.05, 0.1) is 0 Å². The van der Waals surface area contributed by atoms with Crippen molar-refractivity contribution in [2.45, 2.75) is 6.92 Å². The van der Waals surface area contributed by atoms with E-state index in [1.807, 2.05) is 7.05 Å². The lowest BCUT2D eigenvalue weighted by molar-refractivity contribution is 1.20. The maximum Gasteiger partial charge on any atom is 0.106 e. The fraction of sp³-hybridized carbons (Fsp3) is 0.154. The molecule has 2 heteroatoms. The summed E-state index contributed by atoms with van der Waals surface area (Å²) in [5, 5.41) is 5.48. The first-order valence-electron chi connectivity index (χ1n) is 4.93. The predicted molar refractivity (Wildman–Crippen MR) is 69.4 cm³/mol. The Morgan fingerprint density at radius 1 is 1.07 bits per heavy atom. The molecule has 0 radical (unpaired) electrons. The van der Waals surface area contributed by atoms with Crippen LogP contribution in [0.5, 0.6) is 0 Å². The minimum atomic E-state index is 0.789. The minimum Gasteiger partial charge on any atom is -0.379 e. The van der Waals surface area contributed by atoms with E-state index in [4.69, 9.17) is 12.2 Å². The van der Waals surface area contributed by atoms with Crippen molar-refractivity contribution in [3.05, 3.63) is 47.5 Å². The molecular weight excluding hydrogens is 202 g/mol. The molecule has 0 aliphatic rings. The fourth-order valence-electron chi connectivity index (χ4n) is 1.65.